The normalized spacial score (nSPS) is 14.3. The van der Waals surface area contributed by atoms with Crippen molar-refractivity contribution in [2.24, 2.45) is 0 Å². The number of carbonyl (C=O) groups excluding carboxylic acids is 4. The Balaban J connectivity index is 2.52. The van der Waals surface area contributed by atoms with Crippen LogP contribution in [0.4, 0.5) is 10.1 Å². The molecular formula is C23H26Cl2FNO7S. The van der Waals surface area contributed by atoms with Gasteiger partial charge in [0.1, 0.15) is 16.9 Å². The van der Waals surface area contributed by atoms with Crippen LogP contribution >= 0.6 is 35.0 Å². The minimum Gasteiger partial charge on any atom is -0.468 e. The molecule has 2 rings (SSSR count). The number of halogens is 3. The lowest BCUT2D eigenvalue weighted by Crippen LogP contribution is -2.40. The van der Waals surface area contributed by atoms with E-state index in [0.29, 0.717) is 24.3 Å². The molecule has 0 aliphatic heterocycles. The van der Waals surface area contributed by atoms with E-state index in [-0.39, 0.29) is 40.7 Å². The van der Waals surface area contributed by atoms with Gasteiger partial charge in [-0.1, -0.05) is 11.6 Å². The molecule has 0 fully saturated rings. The van der Waals surface area contributed by atoms with Crippen LogP contribution in [0.3, 0.4) is 0 Å². The number of esters is 2. The van der Waals surface area contributed by atoms with Crippen LogP contribution in [0.2, 0.25) is 5.02 Å². The van der Waals surface area contributed by atoms with E-state index in [1.165, 1.54) is 13.2 Å². The molecule has 1 aromatic carbocycles. The Morgan fingerprint density at radius 1 is 1.17 bits per heavy atom. The molecular weight excluding hydrogens is 524 g/mol. The van der Waals surface area contributed by atoms with Gasteiger partial charge in [0.2, 0.25) is 5.91 Å². The molecule has 1 atom stereocenters. The van der Waals surface area contributed by atoms with Crippen molar-refractivity contribution >= 4 is 64.4 Å². The van der Waals surface area contributed by atoms with Crippen molar-refractivity contribution in [3.8, 4) is 0 Å². The van der Waals surface area contributed by atoms with E-state index in [1.54, 1.807) is 13.8 Å². The van der Waals surface area contributed by atoms with E-state index in [2.05, 4.69) is 0 Å². The minimum atomic E-state index is -0.950. The number of hydrogen-bond donors (Lipinski definition) is 0. The Morgan fingerprint density at radius 2 is 1.83 bits per heavy atom. The first kappa shape index (κ1) is 29.1. The predicted octanol–water partition coefficient (Wildman–Crippen LogP) is 4.64. The van der Waals surface area contributed by atoms with Crippen molar-refractivity contribution in [1.82, 2.24) is 0 Å². The number of thioether (sulfide) groups is 1. The zero-order chi connectivity index (χ0) is 26.1. The van der Waals surface area contributed by atoms with E-state index in [9.17, 15) is 19.2 Å². The second-order valence-corrected chi connectivity index (χ2v) is 9.45. The summed E-state index contributed by atoms with van der Waals surface area (Å²) >= 11 is 12.9. The van der Waals surface area contributed by atoms with E-state index in [1.807, 2.05) is 0 Å². The molecule has 35 heavy (non-hydrogen) atoms. The first-order chi connectivity index (χ1) is 16.7. The van der Waals surface area contributed by atoms with Gasteiger partial charge in [-0.05, 0) is 51.7 Å². The lowest BCUT2D eigenvalue weighted by molar-refractivity contribution is -0.151. The lowest BCUT2D eigenvalue weighted by atomic mass is 9.90. The van der Waals surface area contributed by atoms with Gasteiger partial charge in [0, 0.05) is 22.6 Å². The van der Waals surface area contributed by atoms with Crippen LogP contribution in [0.5, 0.6) is 0 Å². The highest BCUT2D eigenvalue weighted by Crippen LogP contribution is 2.37. The Morgan fingerprint density at radius 3 is 2.43 bits per heavy atom. The smallest absolute Gasteiger partial charge is 0.336 e. The topological polar surface area (TPSA) is 99.2 Å². The summed E-state index contributed by atoms with van der Waals surface area (Å²) in [5.74, 6) is -4.61. The lowest BCUT2D eigenvalue weighted by Gasteiger charge is -2.26. The SMILES string of the molecule is CCOCOC(=O)C1=C(C(=O)N(C(=O)CCl)c2cc(SC(C)C(=O)OC)c(Cl)cc2F)CCCC1. The second-order valence-electron chi connectivity index (χ2n) is 7.39. The van der Waals surface area contributed by atoms with E-state index < -0.39 is 46.4 Å². The van der Waals surface area contributed by atoms with Gasteiger partial charge in [-0.25, -0.2) is 14.1 Å². The van der Waals surface area contributed by atoms with Gasteiger partial charge in [0.15, 0.2) is 6.79 Å². The fraction of sp³-hybridized carbons (Fsp3) is 0.478. The maximum Gasteiger partial charge on any atom is 0.336 e. The Labute approximate surface area is 217 Å². The molecule has 0 saturated heterocycles. The average Bonchev–Trinajstić information content (AvgIpc) is 2.85. The van der Waals surface area contributed by atoms with Gasteiger partial charge >= 0.3 is 11.9 Å². The quantitative estimate of drug-likeness (QED) is 0.137. The number of imide groups is 1. The molecule has 1 aliphatic rings. The summed E-state index contributed by atoms with van der Waals surface area (Å²) in [6, 6.07) is 2.14. The third-order valence-electron chi connectivity index (χ3n) is 5.10. The maximum absolute atomic E-state index is 15.0. The molecule has 12 heteroatoms. The summed E-state index contributed by atoms with van der Waals surface area (Å²) in [6.45, 7) is 3.35. The fourth-order valence-electron chi connectivity index (χ4n) is 3.37. The molecule has 192 valence electrons. The zero-order valence-electron chi connectivity index (χ0n) is 19.5. The third kappa shape index (κ3) is 7.42. The average molecular weight is 550 g/mol. The standard InChI is InChI=1S/C23H26Cl2FNO7S/c1-4-33-12-34-23(31)15-8-6-5-7-14(15)21(29)27(20(28)11-24)18-10-19(16(25)9-17(18)26)35-13(2)22(30)32-3/h9-10,13H,4-8,11-12H2,1-3H3. The summed E-state index contributed by atoms with van der Waals surface area (Å²) in [5.41, 5.74) is -0.246. The molecule has 0 radical (unpaired) electrons. The number of benzene rings is 1. The van der Waals surface area contributed by atoms with Crippen molar-refractivity contribution < 1.29 is 37.8 Å². The van der Waals surface area contributed by atoms with Crippen molar-refractivity contribution in [3.05, 3.63) is 34.1 Å². The number of alkyl halides is 1. The minimum absolute atomic E-state index is 0.0187. The summed E-state index contributed by atoms with van der Waals surface area (Å²) in [7, 11) is 1.23. The number of ether oxygens (including phenoxy) is 3. The summed E-state index contributed by atoms with van der Waals surface area (Å²) in [4.78, 5) is 51.5. The van der Waals surface area contributed by atoms with E-state index in [4.69, 9.17) is 37.4 Å². The van der Waals surface area contributed by atoms with Gasteiger partial charge in [-0.2, -0.15) is 0 Å². The number of anilines is 1. The highest BCUT2D eigenvalue weighted by Gasteiger charge is 2.33. The van der Waals surface area contributed by atoms with Crippen LogP contribution in [0.25, 0.3) is 0 Å². The Hall–Kier alpha value is -2.14. The summed E-state index contributed by atoms with van der Waals surface area (Å²) in [5, 5.41) is -0.716. The van der Waals surface area contributed by atoms with Crippen LogP contribution < -0.4 is 4.90 Å². The Kier molecular flexibility index (Phi) is 11.5. The molecule has 8 nitrogen and oxygen atoms in total. The molecule has 0 saturated carbocycles. The van der Waals surface area contributed by atoms with Crippen molar-refractivity contribution in [2.75, 3.05) is 31.3 Å². The summed E-state index contributed by atoms with van der Waals surface area (Å²) < 4.78 is 29.8. The van der Waals surface area contributed by atoms with Gasteiger partial charge in [-0.3, -0.25) is 14.4 Å². The second kappa shape index (κ2) is 13.8. The zero-order valence-corrected chi connectivity index (χ0v) is 21.9. The van der Waals surface area contributed by atoms with Crippen LogP contribution in [0, 0.1) is 5.82 Å². The fourth-order valence-corrected chi connectivity index (χ4v) is 4.70. The molecule has 0 bridgehead atoms. The monoisotopic (exact) mass is 549 g/mol. The van der Waals surface area contributed by atoms with Crippen molar-refractivity contribution in [2.45, 2.75) is 49.7 Å². The molecule has 1 aromatic rings. The molecule has 0 aromatic heterocycles. The van der Waals surface area contributed by atoms with Crippen molar-refractivity contribution in [1.29, 1.82) is 0 Å². The number of rotatable bonds is 10. The largest absolute Gasteiger partial charge is 0.468 e. The van der Waals surface area contributed by atoms with E-state index in [0.717, 1.165) is 17.8 Å². The van der Waals surface area contributed by atoms with E-state index >= 15 is 4.39 Å². The molecule has 1 unspecified atom stereocenters. The predicted molar refractivity (Wildman–Crippen MR) is 130 cm³/mol. The number of amides is 2. The first-order valence-electron chi connectivity index (χ1n) is 10.8. The van der Waals surface area contributed by atoms with Crippen molar-refractivity contribution in [3.63, 3.8) is 0 Å². The maximum atomic E-state index is 15.0. The number of methoxy groups -OCH3 is 1. The molecule has 2 amide bonds. The van der Waals surface area contributed by atoms with Gasteiger partial charge in [0.05, 0.1) is 17.8 Å². The molecule has 0 heterocycles. The number of carbonyl (C=O) groups is 4. The Bertz CT molecular complexity index is 1020. The molecule has 0 spiro atoms. The van der Waals surface area contributed by atoms with Gasteiger partial charge in [0.25, 0.3) is 5.91 Å². The van der Waals surface area contributed by atoms with Crippen LogP contribution in [0.1, 0.15) is 39.5 Å². The third-order valence-corrected chi connectivity index (χ3v) is 6.89. The van der Waals surface area contributed by atoms with Crippen LogP contribution in [0.15, 0.2) is 28.2 Å². The first-order valence-corrected chi connectivity index (χ1v) is 12.6. The highest BCUT2D eigenvalue weighted by atomic mass is 35.5. The van der Waals surface area contributed by atoms with Gasteiger partial charge in [-0.15, -0.1) is 23.4 Å². The molecule has 1 aliphatic carbocycles. The van der Waals surface area contributed by atoms with Gasteiger partial charge < -0.3 is 14.2 Å². The number of nitrogens with zero attached hydrogens (tertiary/aromatic N) is 1. The van der Waals surface area contributed by atoms with Crippen LogP contribution in [-0.4, -0.2) is 55.4 Å². The number of hydrogen-bond acceptors (Lipinski definition) is 8. The highest BCUT2D eigenvalue weighted by molar-refractivity contribution is 8.00. The molecule has 0 N–H and O–H groups in total. The van der Waals surface area contributed by atoms with Crippen LogP contribution in [-0.2, 0) is 33.4 Å². The summed E-state index contributed by atoms with van der Waals surface area (Å²) in [6.07, 6.45) is 1.68.